The van der Waals surface area contributed by atoms with Crippen molar-refractivity contribution >= 4 is 11.9 Å². The van der Waals surface area contributed by atoms with Crippen molar-refractivity contribution in [2.24, 2.45) is 10.9 Å². The van der Waals surface area contributed by atoms with Crippen molar-refractivity contribution in [2.45, 2.75) is 71.0 Å². The van der Waals surface area contributed by atoms with Crippen LogP contribution in [0, 0.1) is 5.92 Å². The molecule has 1 amide bonds. The maximum absolute atomic E-state index is 12.6. The maximum atomic E-state index is 12.6. The minimum atomic E-state index is 0.239. The highest BCUT2D eigenvalue weighted by Crippen LogP contribution is 2.26. The Morgan fingerprint density at radius 1 is 1.13 bits per heavy atom. The van der Waals surface area contributed by atoms with Crippen LogP contribution in [0.1, 0.15) is 63.0 Å². The predicted octanol–water partition coefficient (Wildman–Crippen LogP) is 3.13. The smallest absolute Gasteiger partial charge is 0.223 e. The van der Waals surface area contributed by atoms with Crippen LogP contribution in [0.25, 0.3) is 0 Å². The topological polar surface area (TPSA) is 60.0 Å². The molecule has 2 N–H and O–H groups in total. The fourth-order valence-corrected chi connectivity index (χ4v) is 5.28. The molecule has 1 saturated carbocycles. The van der Waals surface area contributed by atoms with Gasteiger partial charge in [-0.1, -0.05) is 37.1 Å². The molecule has 1 aromatic carbocycles. The molecule has 0 aromatic heterocycles. The van der Waals surface area contributed by atoms with E-state index < -0.39 is 0 Å². The molecule has 1 aliphatic carbocycles. The number of rotatable bonds is 8. The monoisotopic (exact) mass is 425 g/mol. The lowest BCUT2D eigenvalue weighted by Crippen LogP contribution is -2.45. The van der Waals surface area contributed by atoms with E-state index in [1.54, 1.807) is 0 Å². The summed E-state index contributed by atoms with van der Waals surface area (Å²) in [6.45, 7) is 8.73. The van der Waals surface area contributed by atoms with Gasteiger partial charge in [-0.15, -0.1) is 0 Å². The lowest BCUT2D eigenvalue weighted by Gasteiger charge is -2.21. The third-order valence-electron chi connectivity index (χ3n) is 6.96. The fourth-order valence-electron chi connectivity index (χ4n) is 5.28. The van der Waals surface area contributed by atoms with Gasteiger partial charge in [0.25, 0.3) is 0 Å². The zero-order chi connectivity index (χ0) is 21.5. The van der Waals surface area contributed by atoms with Gasteiger partial charge in [-0.2, -0.15) is 0 Å². The van der Waals surface area contributed by atoms with Crippen LogP contribution in [-0.4, -0.2) is 60.4 Å². The van der Waals surface area contributed by atoms with Gasteiger partial charge >= 0.3 is 0 Å². The number of fused-ring (bicyclic) bond motifs is 1. The van der Waals surface area contributed by atoms with Gasteiger partial charge in [-0.25, -0.2) is 0 Å². The number of hydrogen-bond donors (Lipinski definition) is 2. The average molecular weight is 426 g/mol. The van der Waals surface area contributed by atoms with Crippen molar-refractivity contribution in [3.8, 4) is 0 Å². The van der Waals surface area contributed by atoms with Gasteiger partial charge in [0, 0.05) is 58.3 Å². The van der Waals surface area contributed by atoms with E-state index in [2.05, 4.69) is 46.7 Å². The van der Waals surface area contributed by atoms with E-state index in [1.807, 2.05) is 4.90 Å². The molecule has 1 atom stereocenters. The molecule has 0 bridgehead atoms. The SMILES string of the molecule is CCNC(=NCCCC(=O)N1Cc2ccccc2C1)NC1CCN(CC2CCCC2)C1. The van der Waals surface area contributed by atoms with Crippen LogP contribution in [0.15, 0.2) is 29.3 Å². The zero-order valence-electron chi connectivity index (χ0n) is 19.1. The second-order valence-corrected chi connectivity index (χ2v) is 9.42. The Bertz CT molecular complexity index is 733. The molecule has 31 heavy (non-hydrogen) atoms. The van der Waals surface area contributed by atoms with E-state index in [-0.39, 0.29) is 5.91 Å². The Kier molecular flexibility index (Phi) is 7.84. The number of carbonyl (C=O) groups excluding carboxylic acids is 1. The van der Waals surface area contributed by atoms with E-state index >= 15 is 0 Å². The third-order valence-corrected chi connectivity index (χ3v) is 6.96. The Balaban J connectivity index is 1.17. The number of likely N-dealkylation sites (tertiary alicyclic amines) is 1. The highest BCUT2D eigenvalue weighted by molar-refractivity contribution is 5.80. The van der Waals surface area contributed by atoms with Crippen molar-refractivity contribution in [2.75, 3.05) is 32.7 Å². The van der Waals surface area contributed by atoms with E-state index in [0.29, 0.717) is 19.0 Å². The molecule has 6 heteroatoms. The number of carbonyl (C=O) groups is 1. The Hall–Kier alpha value is -2.08. The van der Waals surface area contributed by atoms with Crippen molar-refractivity contribution in [1.82, 2.24) is 20.4 Å². The number of benzene rings is 1. The first-order valence-electron chi connectivity index (χ1n) is 12.3. The number of hydrogen-bond acceptors (Lipinski definition) is 3. The van der Waals surface area contributed by atoms with Crippen molar-refractivity contribution in [3.05, 3.63) is 35.4 Å². The first-order valence-corrected chi connectivity index (χ1v) is 12.3. The fraction of sp³-hybridized carbons (Fsp3) is 0.680. The summed E-state index contributed by atoms with van der Waals surface area (Å²) in [5.74, 6) is 2.06. The molecule has 0 radical (unpaired) electrons. The molecule has 2 fully saturated rings. The quantitative estimate of drug-likeness (QED) is 0.382. The normalized spacial score (nSPS) is 22.2. The third kappa shape index (κ3) is 6.22. The average Bonchev–Trinajstić information content (AvgIpc) is 3.52. The molecule has 170 valence electrons. The Labute approximate surface area is 187 Å². The standard InChI is InChI=1S/C25H39N5O/c1-2-26-25(28-23-13-15-29(19-23)16-20-8-3-4-9-20)27-14-7-12-24(31)30-17-21-10-5-6-11-22(21)18-30/h5-6,10-11,20,23H,2-4,7-9,12-19H2,1H3,(H2,26,27,28). The molecule has 0 spiro atoms. The van der Waals surface area contributed by atoms with Crippen molar-refractivity contribution < 1.29 is 4.79 Å². The van der Waals surface area contributed by atoms with Gasteiger partial charge in [-0.05, 0) is 49.7 Å². The zero-order valence-corrected chi connectivity index (χ0v) is 19.1. The molecule has 6 nitrogen and oxygen atoms in total. The van der Waals surface area contributed by atoms with Crippen molar-refractivity contribution in [3.63, 3.8) is 0 Å². The van der Waals surface area contributed by atoms with Crippen LogP contribution < -0.4 is 10.6 Å². The number of nitrogens with one attached hydrogen (secondary N) is 2. The molecular formula is C25H39N5O. The highest BCUT2D eigenvalue weighted by atomic mass is 16.2. The van der Waals surface area contributed by atoms with Crippen LogP contribution in [-0.2, 0) is 17.9 Å². The summed E-state index contributed by atoms with van der Waals surface area (Å²) >= 11 is 0. The van der Waals surface area contributed by atoms with Gasteiger partial charge in [-0.3, -0.25) is 9.79 Å². The summed E-state index contributed by atoms with van der Waals surface area (Å²) < 4.78 is 0. The highest BCUT2D eigenvalue weighted by Gasteiger charge is 2.26. The van der Waals surface area contributed by atoms with Crippen LogP contribution in [0.5, 0.6) is 0 Å². The minimum absolute atomic E-state index is 0.239. The molecule has 1 saturated heterocycles. The van der Waals surface area contributed by atoms with E-state index in [4.69, 9.17) is 4.99 Å². The molecule has 1 aromatic rings. The lowest BCUT2D eigenvalue weighted by atomic mass is 10.1. The van der Waals surface area contributed by atoms with E-state index in [1.165, 1.54) is 56.3 Å². The predicted molar refractivity (Wildman–Crippen MR) is 126 cm³/mol. The summed E-state index contributed by atoms with van der Waals surface area (Å²) in [5.41, 5.74) is 2.57. The second-order valence-electron chi connectivity index (χ2n) is 9.42. The first-order chi connectivity index (χ1) is 15.2. The number of guanidine groups is 1. The van der Waals surface area contributed by atoms with Crippen LogP contribution in [0.3, 0.4) is 0 Å². The lowest BCUT2D eigenvalue weighted by molar-refractivity contribution is -0.131. The molecule has 2 aliphatic heterocycles. The first kappa shape index (κ1) is 22.1. The van der Waals surface area contributed by atoms with Crippen LogP contribution >= 0.6 is 0 Å². The number of aliphatic imine (C=N–C) groups is 1. The molecular weight excluding hydrogens is 386 g/mol. The Morgan fingerprint density at radius 3 is 2.58 bits per heavy atom. The summed E-state index contributed by atoms with van der Waals surface area (Å²) in [7, 11) is 0. The molecule has 4 rings (SSSR count). The van der Waals surface area contributed by atoms with Gasteiger partial charge in [0.1, 0.15) is 0 Å². The van der Waals surface area contributed by atoms with Gasteiger partial charge in [0.15, 0.2) is 5.96 Å². The van der Waals surface area contributed by atoms with Crippen LogP contribution in [0.2, 0.25) is 0 Å². The maximum Gasteiger partial charge on any atom is 0.223 e. The molecule has 2 heterocycles. The summed E-state index contributed by atoms with van der Waals surface area (Å²) in [6, 6.07) is 8.83. The van der Waals surface area contributed by atoms with Gasteiger partial charge in [0.05, 0.1) is 0 Å². The largest absolute Gasteiger partial charge is 0.357 e. The number of amides is 1. The summed E-state index contributed by atoms with van der Waals surface area (Å²) in [5, 5.41) is 7.01. The minimum Gasteiger partial charge on any atom is -0.357 e. The van der Waals surface area contributed by atoms with Crippen molar-refractivity contribution in [1.29, 1.82) is 0 Å². The van der Waals surface area contributed by atoms with E-state index in [0.717, 1.165) is 44.5 Å². The number of nitrogens with zero attached hydrogens (tertiary/aromatic N) is 3. The second kappa shape index (κ2) is 11.0. The molecule has 1 unspecified atom stereocenters. The van der Waals surface area contributed by atoms with Gasteiger partial charge < -0.3 is 20.4 Å². The summed E-state index contributed by atoms with van der Waals surface area (Å²) in [4.78, 5) is 21.9. The summed E-state index contributed by atoms with van der Waals surface area (Å²) in [6.07, 6.45) is 8.22. The van der Waals surface area contributed by atoms with Crippen LogP contribution in [0.4, 0.5) is 0 Å². The van der Waals surface area contributed by atoms with E-state index in [9.17, 15) is 4.79 Å². The van der Waals surface area contributed by atoms with Gasteiger partial charge in [0.2, 0.25) is 5.91 Å². The Morgan fingerprint density at radius 2 is 1.87 bits per heavy atom. The molecule has 3 aliphatic rings.